The Kier molecular flexibility index (Phi) is 4.79. The Balaban J connectivity index is 3.04. The lowest BCUT2D eigenvalue weighted by molar-refractivity contribution is 0.521. The van der Waals surface area contributed by atoms with Crippen LogP contribution in [-0.4, -0.2) is 13.0 Å². The van der Waals surface area contributed by atoms with Crippen molar-refractivity contribution in [2.75, 3.05) is 0 Å². The van der Waals surface area contributed by atoms with E-state index in [1.165, 1.54) is 19.2 Å². The summed E-state index contributed by atoms with van der Waals surface area (Å²) in [5.74, 6) is 0. The summed E-state index contributed by atoms with van der Waals surface area (Å²) in [6, 6.07) is 0. The molecule has 0 amide bonds. The van der Waals surface area contributed by atoms with Gasteiger partial charge in [0.1, 0.15) is 0 Å². The molecule has 1 radical (unpaired) electrons. The number of hydrogen-bond acceptors (Lipinski definition) is 1. The Labute approximate surface area is 65.9 Å². The summed E-state index contributed by atoms with van der Waals surface area (Å²) >= 11 is 0. The van der Waals surface area contributed by atoms with Gasteiger partial charge in [-0.3, -0.25) is 0 Å². The Bertz CT molecular complexity index is 75.8. The minimum absolute atomic E-state index is 0.244. The molecule has 10 heavy (non-hydrogen) atoms. The van der Waals surface area contributed by atoms with Gasteiger partial charge in [-0.05, 0) is 26.3 Å². The summed E-state index contributed by atoms with van der Waals surface area (Å²) < 4.78 is 0. The van der Waals surface area contributed by atoms with Crippen LogP contribution in [-0.2, 0) is 0 Å². The second kappa shape index (κ2) is 4.78. The maximum atomic E-state index is 3.33. The molecule has 0 aliphatic heterocycles. The third kappa shape index (κ3) is 8.02. The molecular weight excluding hydrogens is 121 g/mol. The van der Waals surface area contributed by atoms with Crippen molar-refractivity contribution in [1.29, 1.82) is 0 Å². The van der Waals surface area contributed by atoms with E-state index in [4.69, 9.17) is 0 Å². The molecule has 0 unspecified atom stereocenters. The van der Waals surface area contributed by atoms with Gasteiger partial charge >= 0.3 is 0 Å². The van der Waals surface area contributed by atoms with Gasteiger partial charge in [-0.25, -0.2) is 0 Å². The van der Waals surface area contributed by atoms with Crippen molar-refractivity contribution in [2.45, 2.75) is 52.4 Å². The fraction of sp³-hybridized carbons (Fsp3) is 1.00. The molecule has 59 valence electrons. The molecule has 1 nitrogen and oxygen atoms in total. The van der Waals surface area contributed by atoms with Crippen LogP contribution >= 0.6 is 0 Å². The number of nitrogens with one attached hydrogen (secondary N) is 1. The van der Waals surface area contributed by atoms with E-state index in [1.54, 1.807) is 0 Å². The Hall–Kier alpha value is 0.0249. The number of hydrogen-bond donors (Lipinski definition) is 1. The lowest BCUT2D eigenvalue weighted by Gasteiger charge is -2.19. The van der Waals surface area contributed by atoms with E-state index in [0.29, 0.717) is 0 Å². The van der Waals surface area contributed by atoms with Crippen LogP contribution in [0.15, 0.2) is 0 Å². The van der Waals surface area contributed by atoms with E-state index in [9.17, 15) is 0 Å². The third-order valence-electron chi connectivity index (χ3n) is 1.24. The van der Waals surface area contributed by atoms with Crippen LogP contribution in [0.3, 0.4) is 0 Å². The van der Waals surface area contributed by atoms with E-state index >= 15 is 0 Å². The zero-order valence-corrected chi connectivity index (χ0v) is 7.70. The summed E-state index contributed by atoms with van der Waals surface area (Å²) in [6.07, 6.45) is 3.76. The molecule has 0 heterocycles. The average molecular weight is 140 g/mol. The molecule has 0 spiro atoms. The fourth-order valence-corrected chi connectivity index (χ4v) is 0.685. The molecule has 0 saturated heterocycles. The normalized spacial score (nSPS) is 11.6. The minimum Gasteiger partial charge on any atom is -0.356 e. The number of rotatable bonds is 4. The molecule has 0 aliphatic carbocycles. The molecular formula is C8H19BN. The number of unbranched alkanes of at least 4 members (excludes halogenated alkanes) is 1. The summed E-state index contributed by atoms with van der Waals surface area (Å²) in [5.41, 5.74) is 0.244. The highest BCUT2D eigenvalue weighted by Gasteiger charge is 2.07. The van der Waals surface area contributed by atoms with Gasteiger partial charge in [-0.2, -0.15) is 0 Å². The summed E-state index contributed by atoms with van der Waals surface area (Å²) in [6.45, 7) is 8.74. The van der Waals surface area contributed by atoms with Crippen molar-refractivity contribution < 1.29 is 0 Å². The van der Waals surface area contributed by atoms with Gasteiger partial charge < -0.3 is 5.23 Å². The van der Waals surface area contributed by atoms with Crippen LogP contribution in [0.25, 0.3) is 0 Å². The smallest absolute Gasteiger partial charge is 0.205 e. The van der Waals surface area contributed by atoms with Gasteiger partial charge in [0.25, 0.3) is 0 Å². The van der Waals surface area contributed by atoms with Crippen molar-refractivity contribution in [2.24, 2.45) is 0 Å². The highest BCUT2D eigenvalue weighted by atomic mass is 14.8. The van der Waals surface area contributed by atoms with Crippen LogP contribution in [0.5, 0.6) is 0 Å². The van der Waals surface area contributed by atoms with Crippen molar-refractivity contribution in [1.82, 2.24) is 5.23 Å². The molecule has 0 aromatic rings. The molecule has 0 aliphatic rings. The van der Waals surface area contributed by atoms with Crippen molar-refractivity contribution >= 4 is 7.41 Å². The highest BCUT2D eigenvalue weighted by Crippen LogP contribution is 1.99. The largest absolute Gasteiger partial charge is 0.356 e. The van der Waals surface area contributed by atoms with Crippen molar-refractivity contribution in [3.05, 3.63) is 0 Å². The Morgan fingerprint density at radius 1 is 1.30 bits per heavy atom. The summed E-state index contributed by atoms with van der Waals surface area (Å²) in [5, 5.41) is 3.33. The molecule has 0 rings (SSSR count). The summed E-state index contributed by atoms with van der Waals surface area (Å²) in [4.78, 5) is 0. The molecule has 2 heteroatoms. The first kappa shape index (κ1) is 10.0. The quantitative estimate of drug-likeness (QED) is 0.466. The van der Waals surface area contributed by atoms with Crippen LogP contribution < -0.4 is 5.23 Å². The zero-order chi connectivity index (χ0) is 8.04. The van der Waals surface area contributed by atoms with Gasteiger partial charge in [0.2, 0.25) is 7.41 Å². The van der Waals surface area contributed by atoms with E-state index in [0.717, 1.165) is 0 Å². The van der Waals surface area contributed by atoms with Crippen LogP contribution in [0.2, 0.25) is 6.32 Å². The maximum Gasteiger partial charge on any atom is 0.205 e. The van der Waals surface area contributed by atoms with E-state index in [-0.39, 0.29) is 5.54 Å². The molecule has 1 N–H and O–H groups in total. The van der Waals surface area contributed by atoms with Crippen molar-refractivity contribution in [3.63, 3.8) is 0 Å². The first-order valence-corrected chi connectivity index (χ1v) is 4.15. The average Bonchev–Trinajstić information content (AvgIpc) is 1.78. The predicted molar refractivity (Wildman–Crippen MR) is 48.4 cm³/mol. The standard InChI is InChI=1S/C8H19BN/c1-5-6-7-9-10-8(2,3)4/h10H,5-7H2,1-4H3. The Morgan fingerprint density at radius 2 is 1.90 bits per heavy atom. The van der Waals surface area contributed by atoms with Gasteiger partial charge in [-0.15, -0.1) is 0 Å². The molecule has 0 atom stereocenters. The van der Waals surface area contributed by atoms with E-state index < -0.39 is 0 Å². The second-order valence-electron chi connectivity index (χ2n) is 3.74. The van der Waals surface area contributed by atoms with Gasteiger partial charge in [0.15, 0.2) is 0 Å². The lowest BCUT2D eigenvalue weighted by Crippen LogP contribution is -2.38. The van der Waals surface area contributed by atoms with Crippen molar-refractivity contribution in [3.8, 4) is 0 Å². The molecule has 0 aromatic carbocycles. The molecule has 0 bridgehead atoms. The highest BCUT2D eigenvalue weighted by molar-refractivity contribution is 6.32. The molecule has 0 saturated carbocycles. The fourth-order valence-electron chi connectivity index (χ4n) is 0.685. The first-order valence-electron chi connectivity index (χ1n) is 4.15. The monoisotopic (exact) mass is 140 g/mol. The predicted octanol–water partition coefficient (Wildman–Crippen LogP) is 2.21. The third-order valence-corrected chi connectivity index (χ3v) is 1.24. The summed E-state index contributed by atoms with van der Waals surface area (Å²) in [7, 11) is 2.17. The van der Waals surface area contributed by atoms with Crippen LogP contribution in [0.4, 0.5) is 0 Å². The molecule has 0 aromatic heterocycles. The zero-order valence-electron chi connectivity index (χ0n) is 7.70. The SMILES string of the molecule is CCCC[B]NC(C)(C)C. The van der Waals surface area contributed by atoms with Gasteiger partial charge in [0.05, 0.1) is 0 Å². The maximum absolute atomic E-state index is 3.33. The van der Waals surface area contributed by atoms with Gasteiger partial charge in [-0.1, -0.05) is 26.1 Å². The van der Waals surface area contributed by atoms with E-state index in [2.05, 4.69) is 40.3 Å². The molecule has 0 fully saturated rings. The van der Waals surface area contributed by atoms with Gasteiger partial charge in [0, 0.05) is 0 Å². The first-order chi connectivity index (χ1) is 4.56. The van der Waals surface area contributed by atoms with Crippen LogP contribution in [0, 0.1) is 0 Å². The second-order valence-corrected chi connectivity index (χ2v) is 3.74. The lowest BCUT2D eigenvalue weighted by atomic mass is 9.83. The van der Waals surface area contributed by atoms with E-state index in [1.807, 2.05) is 0 Å². The minimum atomic E-state index is 0.244. The Morgan fingerprint density at radius 3 is 2.30 bits per heavy atom. The topological polar surface area (TPSA) is 12.0 Å². The van der Waals surface area contributed by atoms with Crippen LogP contribution in [0.1, 0.15) is 40.5 Å².